The maximum Gasteiger partial charge on any atom is 0.322 e. The summed E-state index contributed by atoms with van der Waals surface area (Å²) >= 11 is 8.17. The maximum absolute atomic E-state index is 13.2. The lowest BCUT2D eigenvalue weighted by atomic mass is 10.1. The van der Waals surface area contributed by atoms with Crippen LogP contribution in [-0.4, -0.2) is 53.2 Å². The number of thioether (sulfide) groups is 1. The molecule has 2 amide bonds. The van der Waals surface area contributed by atoms with Crippen molar-refractivity contribution >= 4 is 46.0 Å². The van der Waals surface area contributed by atoms with Gasteiger partial charge in [0.15, 0.2) is 0 Å². The summed E-state index contributed by atoms with van der Waals surface area (Å²) in [5.74, 6) is 0. The van der Waals surface area contributed by atoms with Gasteiger partial charge in [0, 0.05) is 34.6 Å². The van der Waals surface area contributed by atoms with E-state index in [0.29, 0.717) is 18.2 Å². The van der Waals surface area contributed by atoms with Crippen LogP contribution in [0.3, 0.4) is 0 Å². The minimum Gasteiger partial charge on any atom is -0.319 e. The highest BCUT2D eigenvalue weighted by atomic mass is 35.5. The molecule has 0 spiro atoms. The van der Waals surface area contributed by atoms with Gasteiger partial charge >= 0.3 is 6.03 Å². The summed E-state index contributed by atoms with van der Waals surface area (Å²) in [7, 11) is 0. The van der Waals surface area contributed by atoms with Crippen LogP contribution < -0.4 is 5.32 Å². The lowest BCUT2D eigenvalue weighted by Crippen LogP contribution is -2.40. The third-order valence-corrected chi connectivity index (χ3v) is 6.70. The molecule has 1 aliphatic rings. The molecule has 0 aliphatic carbocycles. The Morgan fingerprint density at radius 1 is 1.16 bits per heavy atom. The number of halogens is 1. The fourth-order valence-electron chi connectivity index (χ4n) is 3.85. The Balaban J connectivity index is 1.52. The fourth-order valence-corrected chi connectivity index (χ4v) is 4.46. The van der Waals surface area contributed by atoms with Crippen molar-refractivity contribution in [1.29, 1.82) is 0 Å². The molecule has 0 saturated carbocycles. The van der Waals surface area contributed by atoms with Gasteiger partial charge in [-0.25, -0.2) is 9.78 Å². The molecule has 4 rings (SSSR count). The number of carbonyl (C=O) groups excluding carboxylic acids is 1. The minimum absolute atomic E-state index is 0.125. The first kappa shape index (κ1) is 21.9. The number of likely N-dealkylation sites (tertiary alicyclic amines) is 1. The number of hydrogen-bond acceptors (Lipinski definition) is 4. The van der Waals surface area contributed by atoms with E-state index in [-0.39, 0.29) is 6.03 Å². The molecule has 1 aliphatic heterocycles. The highest BCUT2D eigenvalue weighted by Gasteiger charge is 2.19. The van der Waals surface area contributed by atoms with Crippen molar-refractivity contribution in [3.8, 4) is 0 Å². The first-order chi connectivity index (χ1) is 15.1. The van der Waals surface area contributed by atoms with E-state index in [0.717, 1.165) is 46.7 Å². The highest BCUT2D eigenvalue weighted by Crippen LogP contribution is 2.23. The quantitative estimate of drug-likeness (QED) is 0.365. The summed E-state index contributed by atoms with van der Waals surface area (Å²) in [5, 5.41) is 4.51. The molecule has 1 saturated heterocycles. The number of nitrogens with one attached hydrogen (secondary N) is 1. The van der Waals surface area contributed by atoms with Crippen LogP contribution >= 0.6 is 23.4 Å². The predicted octanol–water partition coefficient (Wildman–Crippen LogP) is 5.74. The van der Waals surface area contributed by atoms with E-state index in [2.05, 4.69) is 15.2 Å². The summed E-state index contributed by atoms with van der Waals surface area (Å²) in [5.41, 5.74) is 2.50. The van der Waals surface area contributed by atoms with Crippen molar-refractivity contribution in [2.45, 2.75) is 24.3 Å². The van der Waals surface area contributed by atoms with Gasteiger partial charge in [-0.2, -0.15) is 0 Å². The number of fused-ring (bicyclic) bond motifs is 1. The van der Waals surface area contributed by atoms with Crippen LogP contribution in [0.2, 0.25) is 5.15 Å². The average Bonchev–Trinajstić information content (AvgIpc) is 3.31. The Hall–Kier alpha value is -2.28. The zero-order chi connectivity index (χ0) is 21.6. The number of urea groups is 1. The molecule has 162 valence electrons. The van der Waals surface area contributed by atoms with Gasteiger partial charge < -0.3 is 15.1 Å². The zero-order valence-electron chi connectivity index (χ0n) is 17.7. The number of hydrogen-bond donors (Lipinski definition) is 1. The van der Waals surface area contributed by atoms with E-state index in [4.69, 9.17) is 11.6 Å². The second-order valence-corrected chi connectivity index (χ2v) is 9.00. The first-order valence-electron chi connectivity index (χ1n) is 10.6. The molecule has 1 aromatic heterocycles. The Morgan fingerprint density at radius 3 is 2.65 bits per heavy atom. The molecular formula is C24H27ClN4OS. The molecule has 0 unspecified atom stereocenters. The smallest absolute Gasteiger partial charge is 0.319 e. The molecule has 0 atom stereocenters. The summed E-state index contributed by atoms with van der Waals surface area (Å²) in [6, 6.07) is 17.7. The molecule has 1 fully saturated rings. The van der Waals surface area contributed by atoms with E-state index in [9.17, 15) is 4.79 Å². The summed E-state index contributed by atoms with van der Waals surface area (Å²) in [6.45, 7) is 4.11. The third-order valence-electron chi connectivity index (χ3n) is 5.62. The van der Waals surface area contributed by atoms with Gasteiger partial charge in [0.2, 0.25) is 0 Å². The molecule has 0 radical (unpaired) electrons. The standard InChI is InChI=1S/C24H27ClN4OS/c1-31-21-10-8-20(9-11-21)26-24(30)29(15-14-28-12-4-5-13-28)17-19-16-18-6-2-3-7-22(18)27-23(19)25/h2-3,6-11,16H,4-5,12-15,17H2,1H3,(H,26,30). The second-order valence-electron chi connectivity index (χ2n) is 7.76. The van der Waals surface area contributed by atoms with Gasteiger partial charge in [0.25, 0.3) is 0 Å². The second kappa shape index (κ2) is 10.4. The molecule has 1 N–H and O–H groups in total. The van der Waals surface area contributed by atoms with Crippen LogP contribution in [0, 0.1) is 0 Å². The molecule has 31 heavy (non-hydrogen) atoms. The van der Waals surface area contributed by atoms with Crippen LogP contribution in [-0.2, 0) is 6.54 Å². The average molecular weight is 455 g/mol. The largest absolute Gasteiger partial charge is 0.322 e. The predicted molar refractivity (Wildman–Crippen MR) is 130 cm³/mol. The minimum atomic E-state index is -0.125. The topological polar surface area (TPSA) is 48.5 Å². The Bertz CT molecular complexity index is 1040. The Morgan fingerprint density at radius 2 is 1.90 bits per heavy atom. The monoisotopic (exact) mass is 454 g/mol. The lowest BCUT2D eigenvalue weighted by Gasteiger charge is -2.26. The van der Waals surface area contributed by atoms with E-state index in [1.165, 1.54) is 12.8 Å². The van der Waals surface area contributed by atoms with Crippen LogP contribution in [0.15, 0.2) is 59.5 Å². The van der Waals surface area contributed by atoms with Gasteiger partial charge in [0.05, 0.1) is 12.1 Å². The first-order valence-corrected chi connectivity index (χ1v) is 12.2. The van der Waals surface area contributed by atoms with Gasteiger partial charge in [-0.1, -0.05) is 29.8 Å². The summed E-state index contributed by atoms with van der Waals surface area (Å²) < 4.78 is 0. The van der Waals surface area contributed by atoms with Gasteiger partial charge in [-0.15, -0.1) is 11.8 Å². The third kappa shape index (κ3) is 5.70. The number of para-hydroxylation sites is 1. The number of aromatic nitrogens is 1. The Kier molecular flexibility index (Phi) is 7.33. The van der Waals surface area contributed by atoms with Crippen LogP contribution in [0.4, 0.5) is 10.5 Å². The molecule has 2 heterocycles. The van der Waals surface area contributed by atoms with Gasteiger partial charge in [-0.3, -0.25) is 0 Å². The summed E-state index contributed by atoms with van der Waals surface area (Å²) in [4.78, 5) is 23.1. The number of carbonyl (C=O) groups is 1. The van der Waals surface area contributed by atoms with Crippen molar-refractivity contribution in [3.05, 3.63) is 65.3 Å². The normalized spacial score (nSPS) is 14.1. The van der Waals surface area contributed by atoms with Gasteiger partial charge in [-0.05, 0) is 68.6 Å². The lowest BCUT2D eigenvalue weighted by molar-refractivity contribution is 0.198. The molecule has 7 heteroatoms. The van der Waals surface area contributed by atoms with Crippen molar-refractivity contribution < 1.29 is 4.79 Å². The Labute approximate surface area is 192 Å². The van der Waals surface area contributed by atoms with E-state index >= 15 is 0 Å². The number of rotatable bonds is 7. The maximum atomic E-state index is 13.2. The van der Waals surface area contributed by atoms with E-state index < -0.39 is 0 Å². The number of anilines is 1. The molecular weight excluding hydrogens is 428 g/mol. The van der Waals surface area contributed by atoms with Crippen molar-refractivity contribution in [1.82, 2.24) is 14.8 Å². The molecule has 0 bridgehead atoms. The van der Waals surface area contributed by atoms with E-state index in [1.54, 1.807) is 11.8 Å². The van der Waals surface area contributed by atoms with Crippen molar-refractivity contribution in [3.63, 3.8) is 0 Å². The molecule has 3 aromatic rings. The van der Waals surface area contributed by atoms with Crippen LogP contribution in [0.5, 0.6) is 0 Å². The van der Waals surface area contributed by atoms with E-state index in [1.807, 2.05) is 65.8 Å². The SMILES string of the molecule is CSc1ccc(NC(=O)N(CCN2CCCC2)Cc2cc3ccccc3nc2Cl)cc1. The number of benzene rings is 2. The van der Waals surface area contributed by atoms with Crippen LogP contribution in [0.25, 0.3) is 10.9 Å². The number of pyridine rings is 1. The fraction of sp³-hybridized carbons (Fsp3) is 0.333. The molecule has 5 nitrogen and oxygen atoms in total. The summed E-state index contributed by atoms with van der Waals surface area (Å²) in [6.07, 6.45) is 4.50. The number of amides is 2. The van der Waals surface area contributed by atoms with Crippen molar-refractivity contribution in [2.75, 3.05) is 37.8 Å². The van der Waals surface area contributed by atoms with Gasteiger partial charge in [0.1, 0.15) is 5.15 Å². The zero-order valence-corrected chi connectivity index (χ0v) is 19.3. The van der Waals surface area contributed by atoms with Crippen molar-refractivity contribution in [2.24, 2.45) is 0 Å². The highest BCUT2D eigenvalue weighted by molar-refractivity contribution is 7.98. The number of nitrogens with zero attached hydrogens (tertiary/aromatic N) is 3. The molecule has 2 aromatic carbocycles. The van der Waals surface area contributed by atoms with Crippen LogP contribution in [0.1, 0.15) is 18.4 Å².